The van der Waals surface area contributed by atoms with E-state index in [0.717, 1.165) is 18.4 Å². The van der Waals surface area contributed by atoms with E-state index >= 15 is 0 Å². The Morgan fingerprint density at radius 3 is 2.64 bits per heavy atom. The summed E-state index contributed by atoms with van der Waals surface area (Å²) in [6.07, 6.45) is 3.85. The number of nitrogens with zero attached hydrogens (tertiary/aromatic N) is 2. The number of aromatic nitrogens is 1. The van der Waals surface area contributed by atoms with E-state index in [2.05, 4.69) is 4.98 Å². The highest BCUT2D eigenvalue weighted by molar-refractivity contribution is 6.30. The van der Waals surface area contributed by atoms with E-state index in [-0.39, 0.29) is 18.4 Å². The van der Waals surface area contributed by atoms with Crippen molar-refractivity contribution in [2.75, 3.05) is 0 Å². The standard InChI is InChI=1S/C18H19ClN2O4/c1-11(18(23)24)21(14-6-7-14)17(22)9-8-16-20-10-15(25-16)12-2-4-13(19)5-3-12/h2-5,10-11,14H,6-9H2,1H3,(H,23,24). The van der Waals surface area contributed by atoms with Crippen LogP contribution in [0.4, 0.5) is 0 Å². The molecule has 1 unspecified atom stereocenters. The van der Waals surface area contributed by atoms with Gasteiger partial charge in [-0.1, -0.05) is 11.6 Å². The van der Waals surface area contributed by atoms with Gasteiger partial charge in [0, 0.05) is 29.5 Å². The molecule has 3 rings (SSSR count). The summed E-state index contributed by atoms with van der Waals surface area (Å²) in [5.74, 6) is -0.0980. The van der Waals surface area contributed by atoms with Crippen LogP contribution < -0.4 is 0 Å². The van der Waals surface area contributed by atoms with E-state index in [9.17, 15) is 14.7 Å². The number of carbonyl (C=O) groups excluding carboxylic acids is 1. The van der Waals surface area contributed by atoms with Gasteiger partial charge in [0.25, 0.3) is 0 Å². The molecular formula is C18H19ClN2O4. The molecule has 1 aliphatic rings. The molecule has 1 aromatic heterocycles. The number of aryl methyl sites for hydroxylation is 1. The van der Waals surface area contributed by atoms with Crippen LogP contribution in [0.15, 0.2) is 34.9 Å². The number of benzene rings is 1. The van der Waals surface area contributed by atoms with Crippen molar-refractivity contribution in [2.45, 2.75) is 44.7 Å². The normalized spacial score (nSPS) is 15.0. The van der Waals surface area contributed by atoms with Crippen molar-refractivity contribution in [3.63, 3.8) is 0 Å². The van der Waals surface area contributed by atoms with Crippen molar-refractivity contribution in [3.05, 3.63) is 41.4 Å². The molecule has 1 saturated carbocycles. The van der Waals surface area contributed by atoms with Gasteiger partial charge in [0.1, 0.15) is 6.04 Å². The highest BCUT2D eigenvalue weighted by atomic mass is 35.5. The van der Waals surface area contributed by atoms with E-state index in [1.807, 2.05) is 12.1 Å². The Morgan fingerprint density at radius 1 is 1.36 bits per heavy atom. The van der Waals surface area contributed by atoms with Gasteiger partial charge in [0.15, 0.2) is 11.7 Å². The average molecular weight is 363 g/mol. The molecule has 2 aromatic rings. The number of halogens is 1. The molecule has 1 amide bonds. The first kappa shape index (κ1) is 17.5. The minimum Gasteiger partial charge on any atom is -0.480 e. The number of aliphatic carboxylic acids is 1. The highest BCUT2D eigenvalue weighted by Crippen LogP contribution is 2.30. The zero-order chi connectivity index (χ0) is 18.0. The van der Waals surface area contributed by atoms with Gasteiger partial charge in [-0.05, 0) is 44.0 Å². The van der Waals surface area contributed by atoms with Crippen molar-refractivity contribution >= 4 is 23.5 Å². The Hall–Kier alpha value is -2.34. The van der Waals surface area contributed by atoms with Crippen molar-refractivity contribution in [2.24, 2.45) is 0 Å². The van der Waals surface area contributed by atoms with E-state index in [4.69, 9.17) is 16.0 Å². The number of oxazole rings is 1. The fraction of sp³-hybridized carbons (Fsp3) is 0.389. The van der Waals surface area contributed by atoms with Crippen LogP contribution in [-0.2, 0) is 16.0 Å². The Labute approximate surface area is 150 Å². The summed E-state index contributed by atoms with van der Waals surface area (Å²) in [4.78, 5) is 29.3. The molecule has 0 bridgehead atoms. The lowest BCUT2D eigenvalue weighted by molar-refractivity contribution is -0.150. The van der Waals surface area contributed by atoms with Gasteiger partial charge in [-0.15, -0.1) is 0 Å². The smallest absolute Gasteiger partial charge is 0.326 e. The average Bonchev–Trinajstić information content (AvgIpc) is 3.30. The lowest BCUT2D eigenvalue weighted by atomic mass is 10.2. The quantitative estimate of drug-likeness (QED) is 0.816. The van der Waals surface area contributed by atoms with Gasteiger partial charge in [0.05, 0.1) is 6.20 Å². The van der Waals surface area contributed by atoms with Crippen LogP contribution in [0.1, 0.15) is 32.1 Å². The van der Waals surface area contributed by atoms with Crippen LogP contribution >= 0.6 is 11.6 Å². The predicted octanol–water partition coefficient (Wildman–Crippen LogP) is 3.39. The first-order valence-electron chi connectivity index (χ1n) is 8.20. The molecular weight excluding hydrogens is 344 g/mol. The molecule has 0 spiro atoms. The van der Waals surface area contributed by atoms with Crippen LogP contribution in [0, 0.1) is 0 Å². The molecule has 132 valence electrons. The Morgan fingerprint density at radius 2 is 2.04 bits per heavy atom. The SMILES string of the molecule is CC(C(=O)O)N(C(=O)CCc1ncc(-c2ccc(Cl)cc2)o1)C1CC1. The number of carboxylic acids is 1. The monoisotopic (exact) mass is 362 g/mol. The maximum Gasteiger partial charge on any atom is 0.326 e. The second-order valence-electron chi connectivity index (χ2n) is 6.17. The lowest BCUT2D eigenvalue weighted by Crippen LogP contribution is -2.44. The van der Waals surface area contributed by atoms with Gasteiger partial charge >= 0.3 is 5.97 Å². The van der Waals surface area contributed by atoms with Gasteiger partial charge in [-0.25, -0.2) is 9.78 Å². The summed E-state index contributed by atoms with van der Waals surface area (Å²) in [6, 6.07) is 6.44. The Bertz CT molecular complexity index is 768. The Kier molecular flexibility index (Phi) is 5.08. The molecule has 0 aliphatic heterocycles. The molecule has 1 heterocycles. The summed E-state index contributed by atoms with van der Waals surface area (Å²) in [6.45, 7) is 1.54. The zero-order valence-corrected chi connectivity index (χ0v) is 14.6. The summed E-state index contributed by atoms with van der Waals surface area (Å²) in [7, 11) is 0. The molecule has 1 aromatic carbocycles. The van der Waals surface area contributed by atoms with Crippen molar-refractivity contribution in [1.29, 1.82) is 0 Å². The number of hydrogen-bond acceptors (Lipinski definition) is 4. The van der Waals surface area contributed by atoms with Crippen molar-refractivity contribution in [3.8, 4) is 11.3 Å². The predicted molar refractivity (Wildman–Crippen MR) is 92.2 cm³/mol. The first-order valence-corrected chi connectivity index (χ1v) is 8.58. The first-order chi connectivity index (χ1) is 12.0. The molecule has 0 radical (unpaired) electrons. The van der Waals surface area contributed by atoms with Crippen LogP contribution in [0.5, 0.6) is 0 Å². The van der Waals surface area contributed by atoms with Crippen LogP contribution in [0.2, 0.25) is 5.02 Å². The third kappa shape index (κ3) is 4.20. The van der Waals surface area contributed by atoms with Crippen LogP contribution in [0.3, 0.4) is 0 Å². The summed E-state index contributed by atoms with van der Waals surface area (Å²) < 4.78 is 5.68. The minimum atomic E-state index is -0.985. The maximum atomic E-state index is 12.4. The number of carboxylic acid groups (broad SMARTS) is 1. The van der Waals surface area contributed by atoms with Gasteiger partial charge in [-0.2, -0.15) is 0 Å². The molecule has 1 N–H and O–H groups in total. The largest absolute Gasteiger partial charge is 0.480 e. The fourth-order valence-electron chi connectivity index (χ4n) is 2.72. The number of rotatable bonds is 7. The Balaban J connectivity index is 1.62. The van der Waals surface area contributed by atoms with Gasteiger partial charge in [-0.3, -0.25) is 4.79 Å². The zero-order valence-electron chi connectivity index (χ0n) is 13.8. The molecule has 7 heteroatoms. The van der Waals surface area contributed by atoms with Gasteiger partial charge < -0.3 is 14.4 Å². The topological polar surface area (TPSA) is 83.6 Å². The van der Waals surface area contributed by atoms with Crippen molar-refractivity contribution < 1.29 is 19.1 Å². The number of hydrogen-bond donors (Lipinski definition) is 1. The molecule has 1 fully saturated rings. The molecule has 6 nitrogen and oxygen atoms in total. The van der Waals surface area contributed by atoms with Gasteiger partial charge in [0.2, 0.25) is 5.91 Å². The summed E-state index contributed by atoms with van der Waals surface area (Å²) in [5.41, 5.74) is 0.855. The summed E-state index contributed by atoms with van der Waals surface area (Å²) in [5, 5.41) is 9.82. The number of amides is 1. The molecule has 25 heavy (non-hydrogen) atoms. The summed E-state index contributed by atoms with van der Waals surface area (Å²) >= 11 is 5.87. The number of carbonyl (C=O) groups is 2. The molecule has 0 saturated heterocycles. The maximum absolute atomic E-state index is 12.4. The third-order valence-corrected chi connectivity index (χ3v) is 4.49. The van der Waals surface area contributed by atoms with E-state index in [0.29, 0.717) is 23.1 Å². The second-order valence-corrected chi connectivity index (χ2v) is 6.61. The van der Waals surface area contributed by atoms with Crippen LogP contribution in [0.25, 0.3) is 11.3 Å². The fourth-order valence-corrected chi connectivity index (χ4v) is 2.85. The van der Waals surface area contributed by atoms with E-state index in [1.165, 1.54) is 4.90 Å². The molecule has 1 atom stereocenters. The second kappa shape index (κ2) is 7.27. The van der Waals surface area contributed by atoms with Crippen molar-refractivity contribution in [1.82, 2.24) is 9.88 Å². The lowest BCUT2D eigenvalue weighted by Gasteiger charge is -2.26. The van der Waals surface area contributed by atoms with E-state index in [1.54, 1.807) is 25.3 Å². The molecule has 1 aliphatic carbocycles. The third-order valence-electron chi connectivity index (χ3n) is 4.24. The van der Waals surface area contributed by atoms with E-state index < -0.39 is 12.0 Å². The minimum absolute atomic E-state index is 0.0489. The highest BCUT2D eigenvalue weighted by Gasteiger charge is 2.38. The van der Waals surface area contributed by atoms with Crippen LogP contribution in [-0.4, -0.2) is 39.0 Å².